The minimum Gasteiger partial charge on any atom is -0.292 e. The first kappa shape index (κ1) is 27.2. The number of hydrogen-bond donors (Lipinski definition) is 0. The summed E-state index contributed by atoms with van der Waals surface area (Å²) in [5.74, 6) is -2.57. The summed E-state index contributed by atoms with van der Waals surface area (Å²) >= 11 is 19.6. The molecular formula is C25H15Br4ClN2O4. The molecule has 11 heteroatoms. The van der Waals surface area contributed by atoms with E-state index in [2.05, 4.69) is 63.7 Å². The molecule has 0 unspecified atom stereocenters. The highest BCUT2D eigenvalue weighted by Gasteiger charge is 2.48. The molecule has 1 atom stereocenters. The van der Waals surface area contributed by atoms with E-state index in [1.807, 2.05) is 0 Å². The van der Waals surface area contributed by atoms with Crippen molar-refractivity contribution >= 4 is 98.8 Å². The highest BCUT2D eigenvalue weighted by Crippen LogP contribution is 2.46. The third kappa shape index (κ3) is 4.62. The van der Waals surface area contributed by atoms with Crippen LogP contribution in [0.2, 0.25) is 5.02 Å². The van der Waals surface area contributed by atoms with Crippen LogP contribution in [0.4, 0.5) is 0 Å². The number of halogens is 5. The predicted octanol–water partition coefficient (Wildman–Crippen LogP) is 7.70. The Morgan fingerprint density at radius 1 is 0.806 bits per heavy atom. The lowest BCUT2D eigenvalue weighted by Crippen LogP contribution is -2.57. The average Bonchev–Trinajstić information content (AvgIpc) is 3.14. The third-order valence-corrected chi connectivity index (χ3v) is 10.7. The van der Waals surface area contributed by atoms with E-state index < -0.39 is 29.5 Å². The van der Waals surface area contributed by atoms with Crippen LogP contribution in [-0.4, -0.2) is 39.6 Å². The Morgan fingerprint density at radius 2 is 1.31 bits per heavy atom. The summed E-state index contributed by atoms with van der Waals surface area (Å²) < 4.78 is 1.71. The topological polar surface area (TPSA) is 74.8 Å². The fourth-order valence-electron chi connectivity index (χ4n) is 3.89. The number of carbonyl (C=O) groups is 4. The lowest BCUT2D eigenvalue weighted by molar-refractivity contribution is -0.00975. The number of fused-ring (bicyclic) bond motifs is 1. The van der Waals surface area contributed by atoms with Crippen LogP contribution in [0.1, 0.15) is 54.8 Å². The standard InChI is InChI=1S/C25H15Br4ClN2O4/c1-2-15(22(33)12-6-4-3-5-7-12)31(23(34)13-8-10-14(30)11-9-13)32-24(35)16-17(25(32)36)19(27)21(29)20(28)18(16)26/h3-11,15H,2H2,1H3/t15-/m1/s1. The minimum atomic E-state index is -1.14. The van der Waals surface area contributed by atoms with Crippen molar-refractivity contribution in [2.24, 2.45) is 0 Å². The van der Waals surface area contributed by atoms with Gasteiger partial charge in [-0.25, -0.2) is 5.01 Å². The molecule has 4 rings (SSSR count). The van der Waals surface area contributed by atoms with E-state index in [4.69, 9.17) is 11.6 Å². The number of carbonyl (C=O) groups excluding carboxylic acids is 4. The minimum absolute atomic E-state index is 0.0675. The number of Topliss-reactive ketones (excluding diaryl/α,β-unsaturated/α-hetero) is 1. The highest BCUT2D eigenvalue weighted by atomic mass is 79.9. The number of imide groups is 1. The normalized spacial score (nSPS) is 13.6. The zero-order chi connectivity index (χ0) is 26.3. The predicted molar refractivity (Wildman–Crippen MR) is 150 cm³/mol. The molecule has 0 saturated carbocycles. The number of benzene rings is 3. The van der Waals surface area contributed by atoms with Crippen LogP contribution >= 0.6 is 75.3 Å². The van der Waals surface area contributed by atoms with Gasteiger partial charge in [0.15, 0.2) is 5.78 Å². The molecule has 36 heavy (non-hydrogen) atoms. The summed E-state index contributed by atoms with van der Waals surface area (Å²) in [6.45, 7) is 1.71. The largest absolute Gasteiger partial charge is 0.292 e. The van der Waals surface area contributed by atoms with Crippen LogP contribution in [0.25, 0.3) is 0 Å². The molecule has 0 aromatic heterocycles. The van der Waals surface area contributed by atoms with Gasteiger partial charge < -0.3 is 0 Å². The number of hydrazine groups is 1. The Morgan fingerprint density at radius 3 is 1.78 bits per heavy atom. The van der Waals surface area contributed by atoms with Crippen LogP contribution in [0.5, 0.6) is 0 Å². The van der Waals surface area contributed by atoms with Crippen LogP contribution in [0, 0.1) is 0 Å². The maximum atomic E-state index is 13.9. The maximum absolute atomic E-state index is 13.9. The lowest BCUT2D eigenvalue weighted by Gasteiger charge is -2.35. The Balaban J connectivity index is 1.90. The Labute approximate surface area is 245 Å². The smallest absolute Gasteiger partial charge is 0.282 e. The quantitative estimate of drug-likeness (QED) is 0.112. The molecular weight excluding hydrogens is 747 g/mol. The first-order chi connectivity index (χ1) is 17.1. The highest BCUT2D eigenvalue weighted by molar-refractivity contribution is 9.15. The van der Waals surface area contributed by atoms with Crippen LogP contribution in [-0.2, 0) is 0 Å². The van der Waals surface area contributed by atoms with Crippen LogP contribution in [0.15, 0.2) is 72.5 Å². The fourth-order valence-corrected chi connectivity index (χ4v) is 6.48. The molecule has 1 heterocycles. The molecule has 1 aliphatic heterocycles. The van der Waals surface area contributed by atoms with E-state index in [9.17, 15) is 19.2 Å². The molecule has 6 nitrogen and oxygen atoms in total. The monoisotopic (exact) mass is 758 g/mol. The number of nitrogens with zero attached hydrogens (tertiary/aromatic N) is 2. The van der Waals surface area contributed by atoms with Crippen molar-refractivity contribution in [2.45, 2.75) is 19.4 Å². The van der Waals surface area contributed by atoms with Gasteiger partial charge in [0, 0.05) is 34.0 Å². The molecule has 1 aliphatic rings. The summed E-state index contributed by atoms with van der Waals surface area (Å²) in [5.41, 5.74) is 0.647. The molecule has 0 aliphatic carbocycles. The molecule has 3 aromatic carbocycles. The van der Waals surface area contributed by atoms with E-state index in [1.165, 1.54) is 24.3 Å². The molecule has 0 bridgehead atoms. The Kier molecular flexibility index (Phi) is 8.21. The van der Waals surface area contributed by atoms with Gasteiger partial charge in [0.1, 0.15) is 6.04 Å². The first-order valence-electron chi connectivity index (χ1n) is 10.5. The molecule has 3 aromatic rings. The van der Waals surface area contributed by atoms with Crippen molar-refractivity contribution in [3.05, 3.63) is 99.8 Å². The van der Waals surface area contributed by atoms with Crippen molar-refractivity contribution in [1.29, 1.82) is 0 Å². The molecule has 0 saturated heterocycles. The lowest BCUT2D eigenvalue weighted by atomic mass is 10.0. The van der Waals surface area contributed by atoms with Gasteiger partial charge in [0.25, 0.3) is 17.7 Å². The Bertz CT molecular complexity index is 1370. The van der Waals surface area contributed by atoms with Crippen molar-refractivity contribution in [3.8, 4) is 0 Å². The SMILES string of the molecule is CC[C@H](C(=O)c1ccccc1)N(C(=O)c1ccc(Cl)cc1)N1C(=O)c2c(Br)c(Br)c(Br)c(Br)c2C1=O. The second kappa shape index (κ2) is 10.9. The van der Waals surface area contributed by atoms with Gasteiger partial charge >= 0.3 is 0 Å². The average molecular weight is 762 g/mol. The first-order valence-corrected chi connectivity index (χ1v) is 14.1. The number of ketones is 1. The molecule has 184 valence electrons. The zero-order valence-corrected chi connectivity index (χ0v) is 25.5. The Hall–Kier alpha value is -1.85. The zero-order valence-electron chi connectivity index (χ0n) is 18.4. The van der Waals surface area contributed by atoms with Gasteiger partial charge in [0.05, 0.1) is 11.1 Å². The fraction of sp³-hybridized carbons (Fsp3) is 0.120. The van der Waals surface area contributed by atoms with Gasteiger partial charge in [-0.15, -0.1) is 0 Å². The van der Waals surface area contributed by atoms with Crippen molar-refractivity contribution in [1.82, 2.24) is 10.0 Å². The molecule has 0 N–H and O–H groups in total. The van der Waals surface area contributed by atoms with Gasteiger partial charge in [0.2, 0.25) is 0 Å². The summed E-state index contributed by atoms with van der Waals surface area (Å²) in [4.78, 5) is 55.0. The van der Waals surface area contributed by atoms with E-state index >= 15 is 0 Å². The van der Waals surface area contributed by atoms with Gasteiger partial charge in [-0.05, 0) is 94.4 Å². The number of rotatable bonds is 6. The van der Waals surface area contributed by atoms with E-state index in [-0.39, 0.29) is 23.1 Å². The molecule has 0 spiro atoms. The molecule has 3 amide bonds. The van der Waals surface area contributed by atoms with Crippen molar-refractivity contribution < 1.29 is 19.2 Å². The summed E-state index contributed by atoms with van der Waals surface area (Å²) in [5, 5.41) is 2.13. The molecule has 0 radical (unpaired) electrons. The summed E-state index contributed by atoms with van der Waals surface area (Å²) in [6.07, 6.45) is 0.149. The number of amides is 3. The van der Waals surface area contributed by atoms with Crippen molar-refractivity contribution in [3.63, 3.8) is 0 Å². The summed E-state index contributed by atoms with van der Waals surface area (Å²) in [7, 11) is 0. The second-order valence-electron chi connectivity index (χ2n) is 7.74. The van der Waals surface area contributed by atoms with E-state index in [0.717, 1.165) is 10.0 Å². The number of hydrogen-bond acceptors (Lipinski definition) is 4. The maximum Gasteiger partial charge on any atom is 0.282 e. The second-order valence-corrected chi connectivity index (χ2v) is 11.3. The van der Waals surface area contributed by atoms with Crippen LogP contribution < -0.4 is 0 Å². The van der Waals surface area contributed by atoms with E-state index in [0.29, 0.717) is 28.5 Å². The molecule has 0 fully saturated rings. The van der Waals surface area contributed by atoms with E-state index in [1.54, 1.807) is 37.3 Å². The van der Waals surface area contributed by atoms with Crippen LogP contribution in [0.3, 0.4) is 0 Å². The van der Waals surface area contributed by atoms with Crippen molar-refractivity contribution in [2.75, 3.05) is 0 Å². The van der Waals surface area contributed by atoms with Gasteiger partial charge in [-0.3, -0.25) is 19.2 Å². The summed E-state index contributed by atoms with van der Waals surface area (Å²) in [6, 6.07) is 13.3. The van der Waals surface area contributed by atoms with Gasteiger partial charge in [-0.2, -0.15) is 5.01 Å². The van der Waals surface area contributed by atoms with Gasteiger partial charge in [-0.1, -0.05) is 48.9 Å². The third-order valence-electron chi connectivity index (χ3n) is 5.64.